The summed E-state index contributed by atoms with van der Waals surface area (Å²) in [6, 6.07) is 12.2. The molecule has 1 heterocycles. The summed E-state index contributed by atoms with van der Waals surface area (Å²) in [5.74, 6) is 0.103. The first kappa shape index (κ1) is 20.8. The average Bonchev–Trinajstić information content (AvgIpc) is 2.94. The first-order valence-electron chi connectivity index (χ1n) is 9.88. The van der Waals surface area contributed by atoms with Gasteiger partial charge >= 0.3 is 0 Å². The Hall–Kier alpha value is -2.92. The second-order valence-electron chi connectivity index (χ2n) is 7.67. The van der Waals surface area contributed by atoms with Crippen molar-refractivity contribution in [3.8, 4) is 11.6 Å². The number of hydrogen-bond donors (Lipinski definition) is 2. The van der Waals surface area contributed by atoms with Crippen molar-refractivity contribution in [3.05, 3.63) is 58.7 Å². The molecule has 0 saturated carbocycles. The fourth-order valence-corrected chi connectivity index (χ4v) is 3.72. The topological polar surface area (TPSA) is 74.8 Å². The van der Waals surface area contributed by atoms with Crippen LogP contribution >= 0.6 is 0 Å². The summed E-state index contributed by atoms with van der Waals surface area (Å²) in [5.41, 5.74) is 6.41. The predicted octanol–water partition coefficient (Wildman–Crippen LogP) is 4.41. The van der Waals surface area contributed by atoms with E-state index in [2.05, 4.69) is 17.1 Å². The molecule has 2 aromatic carbocycles. The number of fused-ring (bicyclic) bond motifs is 1. The minimum absolute atomic E-state index is 0.00201. The van der Waals surface area contributed by atoms with E-state index in [0.29, 0.717) is 24.1 Å². The third-order valence-electron chi connectivity index (χ3n) is 5.03. The largest absolute Gasteiger partial charge is 0.494 e. The number of aromatic hydroxyl groups is 1. The molecule has 0 atom stereocenters. The molecule has 0 amide bonds. The number of nitrogens with zero attached hydrogens (tertiary/aromatic N) is 2. The molecule has 0 aliphatic heterocycles. The smallest absolute Gasteiger partial charge is 0.206 e. The Morgan fingerprint density at radius 3 is 2.38 bits per heavy atom. The Morgan fingerprint density at radius 1 is 1.03 bits per heavy atom. The third-order valence-corrected chi connectivity index (χ3v) is 5.03. The Bertz CT molecular complexity index is 1070. The summed E-state index contributed by atoms with van der Waals surface area (Å²) >= 11 is 0. The number of rotatable bonds is 7. The quantitative estimate of drug-likeness (QED) is 0.585. The van der Waals surface area contributed by atoms with Crippen LogP contribution in [-0.2, 0) is 4.79 Å². The zero-order chi connectivity index (χ0) is 21.1. The molecule has 3 aromatic rings. The molecule has 0 aliphatic carbocycles. The van der Waals surface area contributed by atoms with E-state index in [-0.39, 0.29) is 24.8 Å². The van der Waals surface area contributed by atoms with E-state index in [9.17, 15) is 9.90 Å². The molecule has 2 N–H and O–H groups in total. The van der Waals surface area contributed by atoms with Gasteiger partial charge in [-0.15, -0.1) is 0 Å². The molecule has 0 bridgehead atoms. The van der Waals surface area contributed by atoms with Gasteiger partial charge < -0.3 is 10.2 Å². The van der Waals surface area contributed by atoms with Gasteiger partial charge in [0.2, 0.25) is 5.88 Å². The highest BCUT2D eigenvalue weighted by atomic mass is 16.3. The Morgan fingerprint density at radius 2 is 1.72 bits per heavy atom. The maximum Gasteiger partial charge on any atom is 0.206 e. The summed E-state index contributed by atoms with van der Waals surface area (Å²) in [6.07, 6.45) is 0.757. The molecule has 5 heteroatoms. The molecule has 0 unspecified atom stereocenters. The number of aliphatic imine (C=N–C) groups is 1. The van der Waals surface area contributed by atoms with Crippen molar-refractivity contribution < 1.29 is 15.0 Å². The normalized spacial score (nSPS) is 12.0. The predicted molar refractivity (Wildman–Crippen MR) is 118 cm³/mol. The number of Topliss-reactive ketones (excluding diaryl/α,β-unsaturated/α-hetero) is 1. The molecule has 29 heavy (non-hydrogen) atoms. The lowest BCUT2D eigenvalue weighted by Gasteiger charge is -2.10. The Balaban J connectivity index is 2.14. The number of benzene rings is 2. The van der Waals surface area contributed by atoms with E-state index in [1.54, 1.807) is 0 Å². The number of aryl methyl sites for hydroxylation is 3. The molecule has 0 saturated heterocycles. The summed E-state index contributed by atoms with van der Waals surface area (Å²) in [7, 11) is 0. The van der Waals surface area contributed by atoms with Crippen molar-refractivity contribution in [3.63, 3.8) is 0 Å². The maximum atomic E-state index is 11.9. The molecule has 3 rings (SSSR count). The summed E-state index contributed by atoms with van der Waals surface area (Å²) in [4.78, 5) is 16.4. The van der Waals surface area contributed by atoms with Crippen molar-refractivity contribution in [2.24, 2.45) is 4.99 Å². The van der Waals surface area contributed by atoms with Crippen LogP contribution in [0.5, 0.6) is 5.88 Å². The van der Waals surface area contributed by atoms with E-state index >= 15 is 0 Å². The van der Waals surface area contributed by atoms with Crippen LogP contribution in [0.2, 0.25) is 0 Å². The summed E-state index contributed by atoms with van der Waals surface area (Å²) in [5, 5.41) is 21.0. The Labute approximate surface area is 171 Å². The van der Waals surface area contributed by atoms with Crippen LogP contribution < -0.4 is 0 Å². The molecule has 5 nitrogen and oxygen atoms in total. The number of aliphatic hydroxyl groups is 1. The fourth-order valence-electron chi connectivity index (χ4n) is 3.72. The van der Waals surface area contributed by atoms with Gasteiger partial charge in [-0.2, -0.15) is 0 Å². The molecule has 1 aromatic heterocycles. The lowest BCUT2D eigenvalue weighted by Crippen LogP contribution is -2.06. The van der Waals surface area contributed by atoms with E-state index in [0.717, 1.165) is 33.3 Å². The van der Waals surface area contributed by atoms with Gasteiger partial charge in [-0.3, -0.25) is 14.4 Å². The Kier molecular flexibility index (Phi) is 6.18. The number of ketones is 1. The highest BCUT2D eigenvalue weighted by Gasteiger charge is 2.20. The summed E-state index contributed by atoms with van der Waals surface area (Å²) in [6.45, 7) is 7.97. The second-order valence-corrected chi connectivity index (χ2v) is 7.67. The number of carbonyl (C=O) groups excluding carboxylic acids is 1. The van der Waals surface area contributed by atoms with Crippen molar-refractivity contribution >= 4 is 22.4 Å². The highest BCUT2D eigenvalue weighted by molar-refractivity contribution is 6.13. The molecular formula is C24H28N2O3. The molecule has 0 radical (unpaired) electrons. The zero-order valence-corrected chi connectivity index (χ0v) is 17.5. The van der Waals surface area contributed by atoms with Crippen molar-refractivity contribution in [2.75, 3.05) is 13.2 Å². The standard InChI is InChI=1S/C24H28N2O3/c1-15-7-8-21-22(13-15)26(19-11-16(2)10-17(3)12-19)24(29)23(21)18(4)25-14-20(28)6-5-9-27/h7-8,10-13,27,29H,5-6,9,14H2,1-4H3. The average molecular weight is 392 g/mol. The fraction of sp³-hybridized carbons (Fsp3) is 0.333. The van der Waals surface area contributed by atoms with Gasteiger partial charge in [0.1, 0.15) is 0 Å². The van der Waals surface area contributed by atoms with Crippen LogP contribution in [0.15, 0.2) is 41.4 Å². The van der Waals surface area contributed by atoms with Crippen LogP contribution in [0.25, 0.3) is 16.6 Å². The van der Waals surface area contributed by atoms with Crippen molar-refractivity contribution in [1.82, 2.24) is 4.57 Å². The van der Waals surface area contributed by atoms with Gasteiger partial charge in [-0.05, 0) is 69.0 Å². The highest BCUT2D eigenvalue weighted by Crippen LogP contribution is 2.36. The van der Waals surface area contributed by atoms with Crippen LogP contribution in [0, 0.1) is 20.8 Å². The number of aliphatic hydroxyl groups excluding tert-OH is 1. The number of hydrogen-bond acceptors (Lipinski definition) is 4. The van der Waals surface area contributed by atoms with Crippen LogP contribution in [-0.4, -0.2) is 39.4 Å². The second kappa shape index (κ2) is 8.62. The number of carbonyl (C=O) groups is 1. The van der Waals surface area contributed by atoms with Crippen molar-refractivity contribution in [2.45, 2.75) is 40.5 Å². The first-order chi connectivity index (χ1) is 13.8. The van der Waals surface area contributed by atoms with Gasteiger partial charge in [0.15, 0.2) is 5.78 Å². The molecule has 0 fully saturated rings. The third kappa shape index (κ3) is 4.40. The van der Waals surface area contributed by atoms with Crippen LogP contribution in [0.3, 0.4) is 0 Å². The molecule has 152 valence electrons. The van der Waals surface area contributed by atoms with Crippen LogP contribution in [0.4, 0.5) is 0 Å². The van der Waals surface area contributed by atoms with Gasteiger partial charge in [0, 0.05) is 29.8 Å². The zero-order valence-electron chi connectivity index (χ0n) is 17.5. The minimum atomic E-state index is -0.0215. The molecule has 0 aliphatic rings. The van der Waals surface area contributed by atoms with E-state index < -0.39 is 0 Å². The number of aromatic nitrogens is 1. The summed E-state index contributed by atoms with van der Waals surface area (Å²) < 4.78 is 1.85. The van der Waals surface area contributed by atoms with Gasteiger partial charge in [0.05, 0.1) is 17.6 Å². The van der Waals surface area contributed by atoms with E-state index in [1.165, 1.54) is 0 Å². The van der Waals surface area contributed by atoms with E-state index in [4.69, 9.17) is 5.11 Å². The lowest BCUT2D eigenvalue weighted by atomic mass is 10.1. The molecular weight excluding hydrogens is 364 g/mol. The SMILES string of the molecule is CC(=NCC(=O)CCCO)c1c(O)n(-c2cc(C)cc(C)c2)c2cc(C)ccc12. The van der Waals surface area contributed by atoms with Gasteiger partial charge in [-0.25, -0.2) is 0 Å². The van der Waals surface area contributed by atoms with Crippen LogP contribution in [0.1, 0.15) is 42.0 Å². The first-order valence-corrected chi connectivity index (χ1v) is 9.88. The maximum absolute atomic E-state index is 11.9. The molecule has 0 spiro atoms. The lowest BCUT2D eigenvalue weighted by molar-refractivity contribution is -0.117. The minimum Gasteiger partial charge on any atom is -0.494 e. The van der Waals surface area contributed by atoms with Gasteiger partial charge in [-0.1, -0.05) is 18.2 Å². The van der Waals surface area contributed by atoms with Crippen molar-refractivity contribution in [1.29, 1.82) is 0 Å². The monoisotopic (exact) mass is 392 g/mol. The van der Waals surface area contributed by atoms with E-state index in [1.807, 2.05) is 56.5 Å². The van der Waals surface area contributed by atoms with Gasteiger partial charge in [0.25, 0.3) is 0 Å².